The zero-order valence-corrected chi connectivity index (χ0v) is 11.3. The first-order chi connectivity index (χ1) is 8.47. The molecule has 0 bridgehead atoms. The van der Waals surface area contributed by atoms with Crippen molar-refractivity contribution in [2.75, 3.05) is 16.3 Å². The van der Waals surface area contributed by atoms with Crippen molar-refractivity contribution < 1.29 is 8.42 Å². The Balaban J connectivity index is 2.29. The SMILES string of the molecule is CS(=O)(=O)N1Cc2sc(N)nc2-c2ccccc21. The van der Waals surface area contributed by atoms with Crippen LogP contribution in [-0.4, -0.2) is 19.7 Å². The number of hydrogen-bond donors (Lipinski definition) is 1. The van der Waals surface area contributed by atoms with Crippen LogP contribution in [0.15, 0.2) is 24.3 Å². The van der Waals surface area contributed by atoms with E-state index in [1.165, 1.54) is 21.9 Å². The van der Waals surface area contributed by atoms with Gasteiger partial charge >= 0.3 is 0 Å². The number of rotatable bonds is 1. The summed E-state index contributed by atoms with van der Waals surface area (Å²) in [6.45, 7) is 0.306. The number of para-hydroxylation sites is 1. The predicted octanol–water partition coefficient (Wildman–Crippen LogP) is 1.67. The third-order valence-corrected chi connectivity index (χ3v) is 4.83. The number of sulfonamides is 1. The fraction of sp³-hybridized carbons (Fsp3) is 0.182. The lowest BCUT2D eigenvalue weighted by atomic mass is 10.1. The molecule has 2 heterocycles. The minimum atomic E-state index is -3.30. The predicted molar refractivity (Wildman–Crippen MR) is 73.0 cm³/mol. The van der Waals surface area contributed by atoms with Crippen molar-refractivity contribution in [3.8, 4) is 11.3 Å². The van der Waals surface area contributed by atoms with Crippen molar-refractivity contribution in [3.05, 3.63) is 29.1 Å². The van der Waals surface area contributed by atoms with E-state index in [0.717, 1.165) is 16.1 Å². The zero-order chi connectivity index (χ0) is 12.9. The second-order valence-corrected chi connectivity index (χ2v) is 7.13. The zero-order valence-electron chi connectivity index (χ0n) is 9.62. The first kappa shape index (κ1) is 11.5. The van der Waals surface area contributed by atoms with Gasteiger partial charge in [0.1, 0.15) is 0 Å². The Morgan fingerprint density at radius 1 is 1.39 bits per heavy atom. The van der Waals surface area contributed by atoms with E-state index in [-0.39, 0.29) is 0 Å². The van der Waals surface area contributed by atoms with Gasteiger partial charge in [-0.25, -0.2) is 13.4 Å². The van der Waals surface area contributed by atoms with Crippen LogP contribution in [0.5, 0.6) is 0 Å². The van der Waals surface area contributed by atoms with Crippen LogP contribution in [0.2, 0.25) is 0 Å². The smallest absolute Gasteiger partial charge is 0.232 e. The molecular formula is C11H11N3O2S2. The maximum Gasteiger partial charge on any atom is 0.232 e. The fourth-order valence-corrected chi connectivity index (χ4v) is 3.89. The van der Waals surface area contributed by atoms with E-state index in [4.69, 9.17) is 5.73 Å². The molecule has 1 aromatic carbocycles. The molecule has 1 aliphatic heterocycles. The van der Waals surface area contributed by atoms with Crippen LogP contribution in [-0.2, 0) is 16.6 Å². The Hall–Kier alpha value is -1.60. The topological polar surface area (TPSA) is 76.3 Å². The van der Waals surface area contributed by atoms with Gasteiger partial charge in [-0.15, -0.1) is 0 Å². The second-order valence-electron chi connectivity index (χ2n) is 4.11. The summed E-state index contributed by atoms with van der Waals surface area (Å²) < 4.78 is 25.1. The minimum absolute atomic E-state index is 0.306. The first-order valence-corrected chi connectivity index (χ1v) is 7.95. The number of aromatic nitrogens is 1. The molecule has 1 aliphatic rings. The molecule has 7 heteroatoms. The standard InChI is InChI=1S/C11H11N3O2S2/c1-18(15,16)14-6-9-10(13-11(12)17-9)7-4-2-3-5-8(7)14/h2-5H,6H2,1H3,(H2,12,13). The summed E-state index contributed by atoms with van der Waals surface area (Å²) >= 11 is 1.33. The molecule has 5 nitrogen and oxygen atoms in total. The lowest BCUT2D eigenvalue weighted by Crippen LogP contribution is -2.31. The average molecular weight is 281 g/mol. The van der Waals surface area contributed by atoms with E-state index in [2.05, 4.69) is 4.98 Å². The molecule has 3 rings (SSSR count). The highest BCUT2D eigenvalue weighted by molar-refractivity contribution is 7.92. The molecular weight excluding hydrogens is 270 g/mol. The quantitative estimate of drug-likeness (QED) is 0.862. The number of nitrogens with zero attached hydrogens (tertiary/aromatic N) is 2. The fourth-order valence-electron chi connectivity index (χ4n) is 2.09. The number of nitrogens with two attached hydrogens (primary N) is 1. The molecule has 0 atom stereocenters. The van der Waals surface area contributed by atoms with Gasteiger partial charge in [-0.3, -0.25) is 4.31 Å². The van der Waals surface area contributed by atoms with Gasteiger partial charge in [0.15, 0.2) is 5.13 Å². The van der Waals surface area contributed by atoms with Gasteiger partial charge in [-0.1, -0.05) is 29.5 Å². The van der Waals surface area contributed by atoms with Crippen molar-refractivity contribution in [1.82, 2.24) is 4.98 Å². The lowest BCUT2D eigenvalue weighted by molar-refractivity contribution is 0.596. The highest BCUT2D eigenvalue weighted by atomic mass is 32.2. The Kier molecular flexibility index (Phi) is 2.36. The number of fused-ring (bicyclic) bond motifs is 3. The highest BCUT2D eigenvalue weighted by Gasteiger charge is 2.29. The summed E-state index contributed by atoms with van der Waals surface area (Å²) in [5.74, 6) is 0. The normalized spacial score (nSPS) is 14.2. The number of nitrogen functional groups attached to an aromatic ring is 1. The molecule has 94 valence electrons. The Morgan fingerprint density at radius 3 is 2.83 bits per heavy atom. The molecule has 0 saturated heterocycles. The highest BCUT2D eigenvalue weighted by Crippen LogP contribution is 2.42. The third-order valence-electron chi connectivity index (χ3n) is 2.83. The molecule has 2 N–H and O–H groups in total. The maximum absolute atomic E-state index is 11.8. The van der Waals surface area contributed by atoms with Gasteiger partial charge in [0.2, 0.25) is 10.0 Å². The Bertz CT molecular complexity index is 722. The summed E-state index contributed by atoms with van der Waals surface area (Å²) in [5, 5.41) is 0.463. The van der Waals surface area contributed by atoms with Crippen molar-refractivity contribution in [2.45, 2.75) is 6.54 Å². The van der Waals surface area contributed by atoms with Crippen LogP contribution in [0.25, 0.3) is 11.3 Å². The van der Waals surface area contributed by atoms with E-state index < -0.39 is 10.0 Å². The number of hydrogen-bond acceptors (Lipinski definition) is 5. The van der Waals surface area contributed by atoms with E-state index in [9.17, 15) is 8.42 Å². The van der Waals surface area contributed by atoms with Crippen LogP contribution in [0, 0.1) is 0 Å². The second kappa shape index (κ2) is 3.69. The minimum Gasteiger partial charge on any atom is -0.375 e. The average Bonchev–Trinajstić information content (AvgIpc) is 2.67. The van der Waals surface area contributed by atoms with Crippen molar-refractivity contribution in [2.24, 2.45) is 0 Å². The summed E-state index contributed by atoms with van der Waals surface area (Å²) in [5.41, 5.74) is 7.99. The van der Waals surface area contributed by atoms with Crippen LogP contribution in [0.4, 0.5) is 10.8 Å². The molecule has 0 unspecified atom stereocenters. The Morgan fingerprint density at radius 2 is 2.11 bits per heavy atom. The largest absolute Gasteiger partial charge is 0.375 e. The van der Waals surface area contributed by atoms with Crippen LogP contribution in [0.3, 0.4) is 0 Å². The van der Waals surface area contributed by atoms with Gasteiger partial charge in [0, 0.05) is 5.56 Å². The molecule has 0 aliphatic carbocycles. The molecule has 2 aromatic rings. The monoisotopic (exact) mass is 281 g/mol. The van der Waals surface area contributed by atoms with E-state index >= 15 is 0 Å². The van der Waals surface area contributed by atoms with Gasteiger partial charge in [0.05, 0.1) is 29.1 Å². The van der Waals surface area contributed by atoms with E-state index in [0.29, 0.717) is 17.4 Å². The third kappa shape index (κ3) is 1.67. The Labute approximate surface area is 109 Å². The van der Waals surface area contributed by atoms with Crippen molar-refractivity contribution in [1.29, 1.82) is 0 Å². The van der Waals surface area contributed by atoms with Crippen molar-refractivity contribution in [3.63, 3.8) is 0 Å². The summed E-state index contributed by atoms with van der Waals surface area (Å²) in [7, 11) is -3.30. The maximum atomic E-state index is 11.8. The molecule has 0 saturated carbocycles. The van der Waals surface area contributed by atoms with Crippen LogP contribution in [0.1, 0.15) is 4.88 Å². The van der Waals surface area contributed by atoms with E-state index in [1.54, 1.807) is 6.07 Å². The molecule has 0 amide bonds. The molecule has 18 heavy (non-hydrogen) atoms. The summed E-state index contributed by atoms with van der Waals surface area (Å²) in [6.07, 6.45) is 1.21. The van der Waals surface area contributed by atoms with Gasteiger partial charge in [-0.05, 0) is 6.07 Å². The first-order valence-electron chi connectivity index (χ1n) is 5.29. The van der Waals surface area contributed by atoms with Gasteiger partial charge < -0.3 is 5.73 Å². The van der Waals surface area contributed by atoms with Crippen LogP contribution >= 0.6 is 11.3 Å². The van der Waals surface area contributed by atoms with Crippen molar-refractivity contribution >= 4 is 32.2 Å². The molecule has 0 radical (unpaired) electrons. The van der Waals surface area contributed by atoms with Crippen LogP contribution < -0.4 is 10.0 Å². The summed E-state index contributed by atoms with van der Waals surface area (Å²) in [4.78, 5) is 5.17. The van der Waals surface area contributed by atoms with Gasteiger partial charge in [0.25, 0.3) is 0 Å². The number of thiazole rings is 1. The van der Waals surface area contributed by atoms with E-state index in [1.807, 2.05) is 18.2 Å². The van der Waals surface area contributed by atoms with Gasteiger partial charge in [-0.2, -0.15) is 0 Å². The molecule has 0 spiro atoms. The number of benzene rings is 1. The molecule has 1 aromatic heterocycles. The lowest BCUT2D eigenvalue weighted by Gasteiger charge is -2.28. The molecule has 0 fully saturated rings. The number of anilines is 2. The summed E-state index contributed by atoms with van der Waals surface area (Å²) in [6, 6.07) is 7.33.